The summed E-state index contributed by atoms with van der Waals surface area (Å²) in [6.07, 6.45) is -2.23. The molecule has 0 radical (unpaired) electrons. The number of aromatic amines is 1. The van der Waals surface area contributed by atoms with Crippen LogP contribution in [0.25, 0.3) is 22.0 Å². The Balaban J connectivity index is 1.79. The molecule has 1 saturated heterocycles. The van der Waals surface area contributed by atoms with E-state index < -0.39 is 17.8 Å². The lowest BCUT2D eigenvalue weighted by atomic mass is 9.98. The van der Waals surface area contributed by atoms with E-state index in [1.165, 1.54) is 23.4 Å². The van der Waals surface area contributed by atoms with Crippen molar-refractivity contribution in [2.75, 3.05) is 13.1 Å². The molecule has 4 rings (SSSR count). The van der Waals surface area contributed by atoms with E-state index in [2.05, 4.69) is 15.2 Å². The number of carbonyl (C=O) groups is 1. The second-order valence-electron chi connectivity index (χ2n) is 6.15. The highest BCUT2D eigenvalue weighted by Crippen LogP contribution is 2.36. The van der Waals surface area contributed by atoms with Gasteiger partial charge in [-0.25, -0.2) is 0 Å². The minimum absolute atomic E-state index is 0.114. The molecule has 0 unspecified atom stereocenters. The first-order valence-corrected chi connectivity index (χ1v) is 7.81. The maximum absolute atomic E-state index is 13.2. The molecule has 0 spiro atoms. The molecule has 6 nitrogen and oxygen atoms in total. The summed E-state index contributed by atoms with van der Waals surface area (Å²) in [4.78, 5) is 17.8. The number of benzene rings is 1. The summed E-state index contributed by atoms with van der Waals surface area (Å²) in [5, 5.41) is 16.2. The molecular weight excluding hydrogens is 349 g/mol. The van der Waals surface area contributed by atoms with Gasteiger partial charge in [-0.1, -0.05) is 0 Å². The average Bonchev–Trinajstić information content (AvgIpc) is 3.05. The minimum Gasteiger partial charge on any atom is -0.389 e. The van der Waals surface area contributed by atoms with Crippen LogP contribution in [-0.4, -0.2) is 50.3 Å². The summed E-state index contributed by atoms with van der Waals surface area (Å²) in [7, 11) is 0. The van der Waals surface area contributed by atoms with Gasteiger partial charge in [0.1, 0.15) is 5.69 Å². The molecule has 0 bridgehead atoms. The third kappa shape index (κ3) is 2.80. The number of aliphatic hydroxyl groups excluding tert-OH is 1. The molecule has 0 aliphatic carbocycles. The van der Waals surface area contributed by atoms with Crippen LogP contribution in [0, 0.1) is 0 Å². The largest absolute Gasteiger partial charge is 0.416 e. The number of likely N-dealkylation sites (tertiary alicyclic amines) is 1. The normalized spacial score (nSPS) is 15.3. The molecule has 2 N–H and O–H groups in total. The van der Waals surface area contributed by atoms with Crippen molar-refractivity contribution in [3.63, 3.8) is 0 Å². The highest BCUT2D eigenvalue weighted by molar-refractivity contribution is 5.98. The molecule has 1 amide bonds. The number of alkyl halides is 3. The highest BCUT2D eigenvalue weighted by Gasteiger charge is 2.32. The number of aliphatic hydroxyl groups is 1. The standard InChI is InChI=1S/C17H13F3N4O2/c18-17(19,20)10-4-12(13-6-22-23-14(13)5-10)9-1-2-21-15(3-9)16(26)24-7-11(25)8-24/h1-6,11,25H,7-8H2,(H,22,23). The number of pyridine rings is 1. The Kier molecular flexibility index (Phi) is 3.69. The van der Waals surface area contributed by atoms with E-state index in [4.69, 9.17) is 0 Å². The second kappa shape index (κ2) is 5.80. The van der Waals surface area contributed by atoms with Crippen LogP contribution in [-0.2, 0) is 6.18 Å². The van der Waals surface area contributed by atoms with Crippen molar-refractivity contribution < 1.29 is 23.1 Å². The third-order valence-corrected chi connectivity index (χ3v) is 4.33. The van der Waals surface area contributed by atoms with Crippen LogP contribution in [0.15, 0.2) is 36.7 Å². The van der Waals surface area contributed by atoms with E-state index in [1.807, 2.05) is 0 Å². The van der Waals surface area contributed by atoms with Gasteiger partial charge in [-0.15, -0.1) is 0 Å². The summed E-state index contributed by atoms with van der Waals surface area (Å²) >= 11 is 0. The van der Waals surface area contributed by atoms with E-state index in [0.717, 1.165) is 12.1 Å². The maximum atomic E-state index is 13.2. The van der Waals surface area contributed by atoms with Crippen molar-refractivity contribution in [3.8, 4) is 11.1 Å². The molecule has 0 saturated carbocycles. The summed E-state index contributed by atoms with van der Waals surface area (Å²) in [6, 6.07) is 5.04. The van der Waals surface area contributed by atoms with Gasteiger partial charge in [-0.2, -0.15) is 18.3 Å². The molecule has 1 fully saturated rings. The summed E-state index contributed by atoms with van der Waals surface area (Å²) < 4.78 is 39.6. The molecule has 0 atom stereocenters. The Morgan fingerprint density at radius 1 is 1.27 bits per heavy atom. The fourth-order valence-corrected chi connectivity index (χ4v) is 2.95. The fraction of sp³-hybridized carbons (Fsp3) is 0.235. The van der Waals surface area contributed by atoms with Crippen molar-refractivity contribution >= 4 is 16.8 Å². The quantitative estimate of drug-likeness (QED) is 0.734. The lowest BCUT2D eigenvalue weighted by Crippen LogP contribution is -2.53. The van der Waals surface area contributed by atoms with Crippen molar-refractivity contribution in [1.82, 2.24) is 20.1 Å². The molecule has 2 aromatic heterocycles. The minimum atomic E-state index is -4.51. The number of rotatable bonds is 2. The highest BCUT2D eigenvalue weighted by atomic mass is 19.4. The summed E-state index contributed by atoms with van der Waals surface area (Å²) in [5.41, 5.74) is 0.305. The Hall–Kier alpha value is -2.94. The molecule has 134 valence electrons. The molecule has 3 heterocycles. The van der Waals surface area contributed by atoms with Crippen LogP contribution in [0.1, 0.15) is 16.1 Å². The Morgan fingerprint density at radius 2 is 2.04 bits per heavy atom. The van der Waals surface area contributed by atoms with E-state index in [0.29, 0.717) is 16.5 Å². The van der Waals surface area contributed by atoms with E-state index in [1.54, 1.807) is 6.07 Å². The van der Waals surface area contributed by atoms with Crippen LogP contribution in [0.4, 0.5) is 13.2 Å². The zero-order valence-electron chi connectivity index (χ0n) is 13.3. The number of hydrogen-bond acceptors (Lipinski definition) is 4. The number of β-amino-alcohol motifs (C(OH)–C–C–N with tert-alkyl or cyclic N) is 1. The first-order chi connectivity index (χ1) is 12.3. The number of nitrogens with zero attached hydrogens (tertiary/aromatic N) is 3. The molecular formula is C17H13F3N4O2. The number of H-pyrrole nitrogens is 1. The van der Waals surface area contributed by atoms with Gasteiger partial charge in [0.25, 0.3) is 5.91 Å². The second-order valence-corrected chi connectivity index (χ2v) is 6.15. The molecule has 1 aromatic carbocycles. The van der Waals surface area contributed by atoms with E-state index in [9.17, 15) is 23.1 Å². The number of hydrogen-bond donors (Lipinski definition) is 2. The first-order valence-electron chi connectivity index (χ1n) is 7.81. The summed E-state index contributed by atoms with van der Waals surface area (Å²) in [5.74, 6) is -0.368. The smallest absolute Gasteiger partial charge is 0.389 e. The van der Waals surface area contributed by atoms with Crippen molar-refractivity contribution in [1.29, 1.82) is 0 Å². The van der Waals surface area contributed by atoms with Crippen LogP contribution in [0.5, 0.6) is 0 Å². The fourth-order valence-electron chi connectivity index (χ4n) is 2.95. The third-order valence-electron chi connectivity index (χ3n) is 4.33. The lowest BCUT2D eigenvalue weighted by Gasteiger charge is -2.35. The maximum Gasteiger partial charge on any atom is 0.416 e. The SMILES string of the molecule is O=C(c1cc(-c2cc(C(F)(F)F)cc3[nH]ncc23)ccn1)N1CC(O)C1. The van der Waals surface area contributed by atoms with Crippen LogP contribution < -0.4 is 0 Å². The summed E-state index contributed by atoms with van der Waals surface area (Å²) in [6.45, 7) is 0.445. The Bertz CT molecular complexity index is 993. The van der Waals surface area contributed by atoms with Gasteiger partial charge in [-0.3, -0.25) is 14.9 Å². The van der Waals surface area contributed by atoms with Gasteiger partial charge in [0.2, 0.25) is 0 Å². The monoisotopic (exact) mass is 362 g/mol. The van der Waals surface area contributed by atoms with Gasteiger partial charge in [0.05, 0.1) is 23.4 Å². The van der Waals surface area contributed by atoms with Gasteiger partial charge in [-0.05, 0) is 35.4 Å². The Morgan fingerprint density at radius 3 is 2.73 bits per heavy atom. The molecule has 1 aliphatic heterocycles. The van der Waals surface area contributed by atoms with Gasteiger partial charge < -0.3 is 10.0 Å². The zero-order valence-corrected chi connectivity index (χ0v) is 13.3. The number of carbonyl (C=O) groups excluding carboxylic acids is 1. The topological polar surface area (TPSA) is 82.1 Å². The van der Waals surface area contributed by atoms with E-state index in [-0.39, 0.29) is 30.2 Å². The number of aromatic nitrogens is 3. The van der Waals surface area contributed by atoms with E-state index >= 15 is 0 Å². The molecule has 9 heteroatoms. The predicted octanol–water partition coefficient (Wildman–Crippen LogP) is 2.46. The van der Waals surface area contributed by atoms with Gasteiger partial charge in [0.15, 0.2) is 0 Å². The van der Waals surface area contributed by atoms with Crippen molar-refractivity contribution in [2.24, 2.45) is 0 Å². The number of amides is 1. The Labute approximate surface area is 145 Å². The predicted molar refractivity (Wildman–Crippen MR) is 86.2 cm³/mol. The average molecular weight is 362 g/mol. The van der Waals surface area contributed by atoms with Crippen molar-refractivity contribution in [3.05, 3.63) is 47.9 Å². The zero-order chi connectivity index (χ0) is 18.5. The number of nitrogens with one attached hydrogen (secondary N) is 1. The first kappa shape index (κ1) is 16.5. The lowest BCUT2D eigenvalue weighted by molar-refractivity contribution is -0.137. The molecule has 3 aromatic rings. The van der Waals surface area contributed by atoms with Gasteiger partial charge >= 0.3 is 6.18 Å². The van der Waals surface area contributed by atoms with Crippen LogP contribution in [0.2, 0.25) is 0 Å². The van der Waals surface area contributed by atoms with Gasteiger partial charge in [0, 0.05) is 24.7 Å². The van der Waals surface area contributed by atoms with Crippen molar-refractivity contribution in [2.45, 2.75) is 12.3 Å². The van der Waals surface area contributed by atoms with Crippen LogP contribution >= 0.6 is 0 Å². The van der Waals surface area contributed by atoms with Crippen LogP contribution in [0.3, 0.4) is 0 Å². The number of halogens is 3. The molecule has 26 heavy (non-hydrogen) atoms. The number of fused-ring (bicyclic) bond motifs is 1. The molecule has 1 aliphatic rings.